The molecule has 0 rings (SSSR count). The van der Waals surface area contributed by atoms with Gasteiger partial charge in [-0.2, -0.15) is 0 Å². The smallest absolute Gasteiger partial charge is 0.748 e. The zero-order valence-corrected chi connectivity index (χ0v) is 21.6. The van der Waals surface area contributed by atoms with Gasteiger partial charge in [0.2, 0.25) is 0 Å². The fourth-order valence-electron chi connectivity index (χ4n) is 3.55. The van der Waals surface area contributed by atoms with Gasteiger partial charge in [-0.05, 0) is 25.7 Å². The molecule has 1 unspecified atom stereocenters. The van der Waals surface area contributed by atoms with Crippen molar-refractivity contribution in [3.8, 4) is 0 Å². The van der Waals surface area contributed by atoms with Crippen LogP contribution in [0, 0.1) is 0 Å². The van der Waals surface area contributed by atoms with Crippen molar-refractivity contribution < 1.29 is 47.6 Å². The maximum atomic E-state index is 10.5. The van der Waals surface area contributed by atoms with E-state index in [0.29, 0.717) is 19.3 Å². The Kier molecular flexibility index (Phi) is 25.0. The Morgan fingerprint density at radius 3 is 1.32 bits per heavy atom. The van der Waals surface area contributed by atoms with E-state index in [2.05, 4.69) is 6.92 Å². The summed E-state index contributed by atoms with van der Waals surface area (Å²) in [6, 6.07) is 0. The Balaban J connectivity index is 0. The maximum absolute atomic E-state index is 10.5. The molecule has 0 heterocycles. The first-order valence-electron chi connectivity index (χ1n) is 11.6. The second kappa shape index (κ2) is 22.6. The molecule has 0 saturated heterocycles. The first-order chi connectivity index (χ1) is 13.0. The first kappa shape index (κ1) is 31.1. The molecule has 1 atom stereocenters. The number of aliphatic hydroxyl groups excluding tert-OH is 1. The Hall–Kier alpha value is 0.870. The van der Waals surface area contributed by atoms with Crippen LogP contribution in [0.15, 0.2) is 0 Å². The predicted octanol–water partition coefficient (Wildman–Crippen LogP) is 3.33. The van der Waals surface area contributed by atoms with Crippen LogP contribution in [-0.2, 0) is 10.1 Å². The second-order valence-electron chi connectivity index (χ2n) is 8.15. The molecule has 0 aromatic heterocycles. The molecule has 28 heavy (non-hydrogen) atoms. The summed E-state index contributed by atoms with van der Waals surface area (Å²) >= 11 is 0. The summed E-state index contributed by atoms with van der Waals surface area (Å²) in [7, 11) is -4.10. The van der Waals surface area contributed by atoms with Crippen molar-refractivity contribution in [2.45, 2.75) is 135 Å². The molecule has 0 radical (unpaired) electrons. The van der Waals surface area contributed by atoms with Crippen molar-refractivity contribution >= 4 is 10.1 Å². The molecule has 6 heteroatoms. The van der Waals surface area contributed by atoms with Crippen LogP contribution in [0.5, 0.6) is 0 Å². The van der Waals surface area contributed by atoms with E-state index >= 15 is 0 Å². The first-order valence-corrected chi connectivity index (χ1v) is 13.1. The van der Waals surface area contributed by atoms with E-state index in [1.165, 1.54) is 89.9 Å². The van der Waals surface area contributed by atoms with Crippen LogP contribution in [-0.4, -0.2) is 29.9 Å². The maximum Gasteiger partial charge on any atom is 1.00 e. The molecule has 1 N–H and O–H groups in total. The molecule has 0 fully saturated rings. The van der Waals surface area contributed by atoms with Crippen molar-refractivity contribution in [1.29, 1.82) is 0 Å². The zero-order chi connectivity index (χ0) is 20.2. The number of rotatable bonds is 21. The third-order valence-corrected chi connectivity index (χ3v) is 6.11. The van der Waals surface area contributed by atoms with Crippen LogP contribution in [0.2, 0.25) is 0 Å². The van der Waals surface area contributed by atoms with Gasteiger partial charge in [0.05, 0.1) is 16.2 Å². The summed E-state index contributed by atoms with van der Waals surface area (Å²) in [5.74, 6) is -0.307. The van der Waals surface area contributed by atoms with Crippen LogP contribution in [0.1, 0.15) is 129 Å². The van der Waals surface area contributed by atoms with E-state index in [0.717, 1.165) is 12.8 Å². The Labute approximate surface area is 197 Å². The zero-order valence-electron chi connectivity index (χ0n) is 18.8. The molecule has 0 aliphatic carbocycles. The van der Waals surface area contributed by atoms with Crippen molar-refractivity contribution in [2.75, 3.05) is 5.75 Å². The molecule has 0 aliphatic rings. The molecule has 0 amide bonds. The van der Waals surface area contributed by atoms with Gasteiger partial charge in [0.1, 0.15) is 0 Å². The predicted molar refractivity (Wildman–Crippen MR) is 114 cm³/mol. The van der Waals surface area contributed by atoms with Crippen molar-refractivity contribution in [1.82, 2.24) is 0 Å². The molecule has 4 nitrogen and oxygen atoms in total. The Morgan fingerprint density at radius 2 is 0.964 bits per heavy atom. The molecule has 0 saturated carbocycles. The number of aliphatic hydroxyl groups is 1. The molecule has 0 spiro atoms. The summed E-state index contributed by atoms with van der Waals surface area (Å²) in [4.78, 5) is 0. The molecule has 0 bridgehead atoms. The SMILES string of the molecule is CCCCCCCCCCCCCCCCCC(O)CCCCS(=O)(=O)[O-].[Na+]. The average molecular weight is 429 g/mol. The minimum Gasteiger partial charge on any atom is -0.748 e. The molecular weight excluding hydrogens is 383 g/mol. The van der Waals surface area contributed by atoms with Gasteiger partial charge in [0.25, 0.3) is 0 Å². The summed E-state index contributed by atoms with van der Waals surface area (Å²) in [6.45, 7) is 2.27. The van der Waals surface area contributed by atoms with Gasteiger partial charge in [0, 0.05) is 5.75 Å². The van der Waals surface area contributed by atoms with Gasteiger partial charge < -0.3 is 9.66 Å². The van der Waals surface area contributed by atoms with Crippen LogP contribution >= 0.6 is 0 Å². The van der Waals surface area contributed by atoms with Crippen molar-refractivity contribution in [2.24, 2.45) is 0 Å². The topological polar surface area (TPSA) is 77.4 Å². The number of hydrogen-bond donors (Lipinski definition) is 1. The fraction of sp³-hybridized carbons (Fsp3) is 1.00. The largest absolute Gasteiger partial charge is 1.00 e. The number of hydrogen-bond acceptors (Lipinski definition) is 4. The average Bonchev–Trinajstić information content (AvgIpc) is 2.61. The van der Waals surface area contributed by atoms with Gasteiger partial charge in [-0.1, -0.05) is 103 Å². The van der Waals surface area contributed by atoms with E-state index in [4.69, 9.17) is 0 Å². The van der Waals surface area contributed by atoms with Gasteiger partial charge in [-0.15, -0.1) is 0 Å². The van der Waals surface area contributed by atoms with Crippen molar-refractivity contribution in [3.05, 3.63) is 0 Å². The standard InChI is InChI=1S/C22H46O4S.Na/c1-2-3-4-5-6-7-8-9-10-11-12-13-14-15-16-19-22(23)20-17-18-21-27(24,25)26;/h22-23H,2-21H2,1H3,(H,24,25,26);/q;+1/p-1. The molecule has 0 aliphatic heterocycles. The summed E-state index contributed by atoms with van der Waals surface area (Å²) in [5.41, 5.74) is 0. The van der Waals surface area contributed by atoms with Crippen LogP contribution in [0.25, 0.3) is 0 Å². The Morgan fingerprint density at radius 1 is 0.643 bits per heavy atom. The Bertz CT molecular complexity index is 401. The van der Waals surface area contributed by atoms with E-state index in [1.54, 1.807) is 0 Å². The van der Waals surface area contributed by atoms with Gasteiger partial charge >= 0.3 is 29.6 Å². The van der Waals surface area contributed by atoms with E-state index < -0.39 is 10.1 Å². The van der Waals surface area contributed by atoms with Crippen LogP contribution < -0.4 is 29.6 Å². The molecule has 0 aromatic rings. The monoisotopic (exact) mass is 428 g/mol. The van der Waals surface area contributed by atoms with E-state index in [-0.39, 0.29) is 41.4 Å². The molecular formula is C22H45NaO4S. The third-order valence-electron chi connectivity index (χ3n) is 5.32. The third kappa shape index (κ3) is 26.9. The second-order valence-corrected chi connectivity index (χ2v) is 9.67. The quantitative estimate of drug-likeness (QED) is 0.173. The molecule has 0 aromatic carbocycles. The number of unbranched alkanes of at least 4 members (excludes halogenated alkanes) is 15. The summed E-state index contributed by atoms with van der Waals surface area (Å²) in [5, 5.41) is 9.85. The van der Waals surface area contributed by atoms with Gasteiger partial charge in [-0.25, -0.2) is 8.42 Å². The summed E-state index contributed by atoms with van der Waals surface area (Å²) in [6.07, 6.45) is 22.1. The van der Waals surface area contributed by atoms with E-state index in [9.17, 15) is 18.1 Å². The minimum absolute atomic E-state index is 0. The fourth-order valence-corrected chi connectivity index (χ4v) is 4.11. The normalized spacial score (nSPS) is 12.7. The summed E-state index contributed by atoms with van der Waals surface area (Å²) < 4.78 is 31.5. The van der Waals surface area contributed by atoms with Crippen LogP contribution in [0.4, 0.5) is 0 Å². The minimum atomic E-state index is -4.10. The molecule has 164 valence electrons. The van der Waals surface area contributed by atoms with Gasteiger partial charge in [-0.3, -0.25) is 0 Å². The van der Waals surface area contributed by atoms with Gasteiger partial charge in [0.15, 0.2) is 0 Å². The van der Waals surface area contributed by atoms with Crippen LogP contribution in [0.3, 0.4) is 0 Å². The van der Waals surface area contributed by atoms with Crippen molar-refractivity contribution in [3.63, 3.8) is 0 Å². The van der Waals surface area contributed by atoms with E-state index in [1.807, 2.05) is 0 Å².